The lowest BCUT2D eigenvalue weighted by Gasteiger charge is -2.42. The van der Waals surface area contributed by atoms with E-state index in [0.29, 0.717) is 11.3 Å². The Morgan fingerprint density at radius 2 is 2.08 bits per heavy atom. The Morgan fingerprint density at radius 3 is 2.60 bits per heavy atom. The number of carboxylic acid groups (broad SMARTS) is 1. The molecule has 0 saturated carbocycles. The molecule has 0 aliphatic carbocycles. The smallest absolute Gasteiger partial charge is 0.325 e. The molecule has 0 radical (unpaired) electrons. The number of aliphatic hydroxyl groups excluding tert-OH is 1. The van der Waals surface area contributed by atoms with Crippen LogP contribution in [0.3, 0.4) is 0 Å². The fourth-order valence-corrected chi connectivity index (χ4v) is 4.72. The van der Waals surface area contributed by atoms with Crippen molar-refractivity contribution in [1.29, 1.82) is 0 Å². The first-order chi connectivity index (χ1) is 11.7. The van der Waals surface area contributed by atoms with Crippen LogP contribution in [0.15, 0.2) is 24.3 Å². The Balaban J connectivity index is 1.71. The van der Waals surface area contributed by atoms with Crippen LogP contribution in [0.5, 0.6) is 5.75 Å². The van der Waals surface area contributed by atoms with Crippen LogP contribution < -0.4 is 10.5 Å². The molecule has 1 unspecified atom stereocenters. The molecular formula is C16H18N2O6S. The number of ether oxygens (including phenoxy) is 1. The highest BCUT2D eigenvalue weighted by molar-refractivity contribution is 8.02. The van der Waals surface area contributed by atoms with Crippen LogP contribution in [0.25, 0.3) is 0 Å². The summed E-state index contributed by atoms with van der Waals surface area (Å²) in [6.07, 6.45) is -0.826. The summed E-state index contributed by atoms with van der Waals surface area (Å²) in [5, 5.41) is 19.0. The van der Waals surface area contributed by atoms with Gasteiger partial charge < -0.3 is 25.6 Å². The van der Waals surface area contributed by atoms with Crippen LogP contribution in [0.1, 0.15) is 17.3 Å². The number of hydrogen-bond donors (Lipinski definition) is 3. The summed E-state index contributed by atoms with van der Waals surface area (Å²) in [4.78, 5) is 36.4. The number of aliphatic hydroxyl groups is 1. The number of thioether (sulfide) groups is 1. The zero-order valence-electron chi connectivity index (χ0n) is 13.4. The van der Waals surface area contributed by atoms with Crippen molar-refractivity contribution in [2.75, 3.05) is 13.2 Å². The van der Waals surface area contributed by atoms with Gasteiger partial charge in [-0.15, -0.1) is 11.8 Å². The van der Waals surface area contributed by atoms with Gasteiger partial charge in [-0.25, -0.2) is 0 Å². The molecule has 25 heavy (non-hydrogen) atoms. The number of carbonyl (C=O) groups excluding carboxylic acids is 2. The Labute approximate surface area is 147 Å². The largest absolute Gasteiger partial charge is 0.491 e. The minimum absolute atomic E-state index is 0.0269. The van der Waals surface area contributed by atoms with Crippen molar-refractivity contribution in [3.05, 3.63) is 29.8 Å². The Kier molecular flexibility index (Phi) is 4.38. The average Bonchev–Trinajstić information content (AvgIpc) is 2.89. The van der Waals surface area contributed by atoms with Crippen LogP contribution >= 0.6 is 11.8 Å². The van der Waals surface area contributed by atoms with Crippen molar-refractivity contribution in [2.45, 2.75) is 23.1 Å². The Hall–Kier alpha value is -2.26. The predicted molar refractivity (Wildman–Crippen MR) is 89.1 cm³/mol. The molecule has 2 saturated heterocycles. The van der Waals surface area contributed by atoms with Crippen molar-refractivity contribution in [1.82, 2.24) is 4.90 Å². The lowest BCUT2D eigenvalue weighted by atomic mass is 9.92. The molecule has 1 aromatic carbocycles. The summed E-state index contributed by atoms with van der Waals surface area (Å²) in [7, 11) is 0. The van der Waals surface area contributed by atoms with E-state index in [4.69, 9.17) is 10.5 Å². The molecule has 2 heterocycles. The first kappa shape index (κ1) is 17.6. The van der Waals surface area contributed by atoms with Gasteiger partial charge in [0.1, 0.15) is 12.4 Å². The van der Waals surface area contributed by atoms with Crippen molar-refractivity contribution in [3.63, 3.8) is 0 Å². The Bertz CT molecular complexity index is 722. The van der Waals surface area contributed by atoms with Gasteiger partial charge in [-0.05, 0) is 31.2 Å². The van der Waals surface area contributed by atoms with Crippen molar-refractivity contribution in [3.8, 4) is 5.75 Å². The standard InChI is InChI=1S/C16H18N2O6S/c1-8(19)11-13(21)18-6-16(15(22)23,25-14(11)18)7-24-10-4-2-9(3-5-10)12(17)20/h2-5,8,11,14,19H,6-7H2,1H3,(H2,17,20)(H,22,23)/t8-,11+,14-,16?/m1/s1. The van der Waals surface area contributed by atoms with E-state index in [1.54, 1.807) is 0 Å². The van der Waals surface area contributed by atoms with Crippen LogP contribution in [-0.4, -0.2) is 62.3 Å². The number of aliphatic carboxylic acids is 1. The maximum absolute atomic E-state index is 12.0. The average molecular weight is 366 g/mol. The number of nitrogens with two attached hydrogens (primary N) is 1. The first-order valence-corrected chi connectivity index (χ1v) is 8.55. The van der Waals surface area contributed by atoms with Gasteiger partial charge in [0.2, 0.25) is 11.8 Å². The first-order valence-electron chi connectivity index (χ1n) is 7.67. The third-order valence-corrected chi connectivity index (χ3v) is 6.14. The Morgan fingerprint density at radius 1 is 1.44 bits per heavy atom. The van der Waals surface area contributed by atoms with E-state index >= 15 is 0 Å². The zero-order chi connectivity index (χ0) is 18.4. The van der Waals surface area contributed by atoms with E-state index in [1.165, 1.54) is 36.1 Å². The van der Waals surface area contributed by atoms with Crippen LogP contribution in [0.4, 0.5) is 0 Å². The highest BCUT2D eigenvalue weighted by atomic mass is 32.2. The quantitative estimate of drug-likeness (QED) is 0.599. The number of primary amides is 1. The molecule has 2 amide bonds. The molecule has 2 aliphatic rings. The fourth-order valence-electron chi connectivity index (χ4n) is 3.02. The molecule has 4 atom stereocenters. The number of hydrogen-bond acceptors (Lipinski definition) is 6. The number of β-lactam (4-membered cyclic amide) rings is 1. The summed E-state index contributed by atoms with van der Waals surface area (Å²) in [6, 6.07) is 6.06. The number of fused-ring (bicyclic) bond motifs is 1. The number of benzene rings is 1. The SMILES string of the molecule is C[C@@H](O)[C@H]1C(=O)N2CC(COc3ccc(C(N)=O)cc3)(C(=O)O)S[C@H]12. The molecular weight excluding hydrogens is 348 g/mol. The second-order valence-corrected chi connectivity index (χ2v) is 7.72. The van der Waals surface area contributed by atoms with Crippen LogP contribution in [-0.2, 0) is 9.59 Å². The molecule has 0 bridgehead atoms. The molecule has 1 aromatic rings. The maximum atomic E-state index is 12.0. The monoisotopic (exact) mass is 366 g/mol. The van der Waals surface area contributed by atoms with Crippen LogP contribution in [0, 0.1) is 5.92 Å². The van der Waals surface area contributed by atoms with Gasteiger partial charge in [0.05, 0.1) is 23.9 Å². The summed E-state index contributed by atoms with van der Waals surface area (Å²) in [6.45, 7) is 1.41. The summed E-state index contributed by atoms with van der Waals surface area (Å²) in [5.74, 6) is -2.05. The van der Waals surface area contributed by atoms with E-state index in [9.17, 15) is 24.6 Å². The highest BCUT2D eigenvalue weighted by Crippen LogP contribution is 2.50. The number of carboxylic acids is 1. The second kappa shape index (κ2) is 6.23. The molecule has 8 nitrogen and oxygen atoms in total. The van der Waals surface area contributed by atoms with Gasteiger partial charge in [0.25, 0.3) is 0 Å². The van der Waals surface area contributed by atoms with E-state index in [1.807, 2.05) is 0 Å². The molecule has 134 valence electrons. The molecule has 0 aromatic heterocycles. The van der Waals surface area contributed by atoms with Gasteiger partial charge in [-0.3, -0.25) is 14.4 Å². The second-order valence-electron chi connectivity index (χ2n) is 6.22. The predicted octanol–water partition coefficient (Wildman–Crippen LogP) is -0.100. The summed E-state index contributed by atoms with van der Waals surface area (Å²) in [5.41, 5.74) is 5.49. The minimum Gasteiger partial charge on any atom is -0.491 e. The summed E-state index contributed by atoms with van der Waals surface area (Å²) < 4.78 is 4.29. The molecule has 9 heteroatoms. The van der Waals surface area contributed by atoms with Crippen molar-refractivity contribution >= 4 is 29.5 Å². The zero-order valence-corrected chi connectivity index (χ0v) is 14.2. The lowest BCUT2D eigenvalue weighted by molar-refractivity contribution is -0.156. The van der Waals surface area contributed by atoms with Crippen molar-refractivity contribution in [2.24, 2.45) is 11.7 Å². The third-order valence-electron chi connectivity index (χ3n) is 4.48. The molecule has 0 spiro atoms. The lowest BCUT2D eigenvalue weighted by Crippen LogP contribution is -2.60. The van der Waals surface area contributed by atoms with Crippen molar-refractivity contribution < 1.29 is 29.3 Å². The molecule has 3 rings (SSSR count). The van der Waals surface area contributed by atoms with E-state index in [2.05, 4.69) is 0 Å². The van der Waals surface area contributed by atoms with Gasteiger partial charge >= 0.3 is 5.97 Å². The molecule has 4 N–H and O–H groups in total. The number of rotatable bonds is 6. The third kappa shape index (κ3) is 2.93. The highest BCUT2D eigenvalue weighted by Gasteiger charge is 2.63. The van der Waals surface area contributed by atoms with Gasteiger partial charge in [0.15, 0.2) is 4.75 Å². The van der Waals surface area contributed by atoms with E-state index in [-0.39, 0.29) is 24.4 Å². The minimum atomic E-state index is -1.30. The number of nitrogens with zero attached hydrogens (tertiary/aromatic N) is 1. The number of amides is 2. The summed E-state index contributed by atoms with van der Waals surface area (Å²) >= 11 is 1.13. The molecule has 2 aliphatic heterocycles. The fraction of sp³-hybridized carbons (Fsp3) is 0.438. The topological polar surface area (TPSA) is 130 Å². The van der Waals surface area contributed by atoms with Crippen LogP contribution in [0.2, 0.25) is 0 Å². The van der Waals surface area contributed by atoms with E-state index < -0.39 is 28.6 Å². The van der Waals surface area contributed by atoms with Gasteiger partial charge in [0, 0.05) is 5.56 Å². The van der Waals surface area contributed by atoms with E-state index in [0.717, 1.165) is 11.8 Å². The number of carbonyl (C=O) groups is 3. The van der Waals surface area contributed by atoms with Gasteiger partial charge in [-0.1, -0.05) is 0 Å². The molecule has 2 fully saturated rings. The maximum Gasteiger partial charge on any atom is 0.325 e. The normalized spacial score (nSPS) is 28.9. The van der Waals surface area contributed by atoms with Gasteiger partial charge in [-0.2, -0.15) is 0 Å².